The molecule has 11 rings (SSSR count). The zero-order valence-electron chi connectivity index (χ0n) is 34.6. The van der Waals surface area contributed by atoms with Gasteiger partial charge in [0.05, 0.1) is 11.0 Å². The number of anilines is 3. The highest BCUT2D eigenvalue weighted by Gasteiger charge is 2.39. The fourth-order valence-electron chi connectivity index (χ4n) is 11.3. The Kier molecular flexibility index (Phi) is 9.06. The van der Waals surface area contributed by atoms with Gasteiger partial charge in [0.1, 0.15) is 0 Å². The molecule has 3 aliphatic rings. The predicted molar refractivity (Wildman–Crippen MR) is 250 cm³/mol. The number of hydrogen-bond donors (Lipinski definition) is 0. The average Bonchev–Trinajstić information content (AvgIpc) is 3.75. The molecule has 0 unspecified atom stereocenters. The smallest absolute Gasteiger partial charge is 0.0544 e. The predicted octanol–water partition coefficient (Wildman–Crippen LogP) is 16.3. The third-order valence-corrected chi connectivity index (χ3v) is 14.4. The molecular weight excluding hydrogens is 713 g/mol. The lowest BCUT2D eigenvalue weighted by Gasteiger charge is -2.29. The summed E-state index contributed by atoms with van der Waals surface area (Å²) in [7, 11) is 0. The molecular formula is C57H54N2. The van der Waals surface area contributed by atoms with Crippen molar-refractivity contribution in [2.45, 2.75) is 95.3 Å². The van der Waals surface area contributed by atoms with Gasteiger partial charge in [-0.1, -0.05) is 143 Å². The van der Waals surface area contributed by atoms with E-state index in [0.29, 0.717) is 11.8 Å². The first-order valence-corrected chi connectivity index (χ1v) is 22.4. The highest BCUT2D eigenvalue weighted by molar-refractivity contribution is 6.15. The van der Waals surface area contributed by atoms with Gasteiger partial charge in [0.15, 0.2) is 0 Å². The Morgan fingerprint density at radius 2 is 1.02 bits per heavy atom. The zero-order valence-corrected chi connectivity index (χ0v) is 34.6. The van der Waals surface area contributed by atoms with E-state index >= 15 is 0 Å². The maximum Gasteiger partial charge on any atom is 0.0544 e. The number of benzene rings is 7. The quantitative estimate of drug-likeness (QED) is 0.157. The lowest BCUT2D eigenvalue weighted by atomic mass is 9.80. The van der Waals surface area contributed by atoms with Crippen molar-refractivity contribution < 1.29 is 0 Å². The maximum atomic E-state index is 2.51. The molecule has 2 heteroatoms. The summed E-state index contributed by atoms with van der Waals surface area (Å²) in [6.45, 7) is 4.91. The van der Waals surface area contributed by atoms with Crippen LogP contribution in [0.15, 0.2) is 158 Å². The van der Waals surface area contributed by atoms with Crippen LogP contribution >= 0.6 is 0 Å². The fourth-order valence-corrected chi connectivity index (χ4v) is 11.3. The van der Waals surface area contributed by atoms with E-state index in [4.69, 9.17) is 0 Å². The molecule has 0 radical (unpaired) electrons. The third kappa shape index (κ3) is 6.22. The van der Waals surface area contributed by atoms with Gasteiger partial charge in [-0.3, -0.25) is 0 Å². The van der Waals surface area contributed by atoms with Gasteiger partial charge in [-0.15, -0.1) is 0 Å². The van der Waals surface area contributed by atoms with Crippen molar-refractivity contribution in [3.05, 3.63) is 180 Å². The van der Waals surface area contributed by atoms with Gasteiger partial charge in [-0.2, -0.15) is 0 Å². The molecule has 0 spiro atoms. The van der Waals surface area contributed by atoms with E-state index in [9.17, 15) is 0 Å². The molecule has 1 heterocycles. The molecule has 8 aromatic rings. The molecule has 0 saturated heterocycles. The van der Waals surface area contributed by atoms with Crippen molar-refractivity contribution in [1.82, 2.24) is 4.57 Å². The molecule has 2 saturated carbocycles. The van der Waals surface area contributed by atoms with Crippen LogP contribution in [0.1, 0.15) is 112 Å². The first-order valence-electron chi connectivity index (χ1n) is 22.4. The Hall–Kier alpha value is -5.86. The topological polar surface area (TPSA) is 8.17 Å². The summed E-state index contributed by atoms with van der Waals surface area (Å²) < 4.78 is 2.47. The highest BCUT2D eigenvalue weighted by Crippen LogP contribution is 2.55. The molecule has 7 aromatic carbocycles. The Balaban J connectivity index is 1.06. The van der Waals surface area contributed by atoms with Crippen LogP contribution in [0.25, 0.3) is 49.7 Å². The maximum absolute atomic E-state index is 2.51. The summed E-state index contributed by atoms with van der Waals surface area (Å²) in [5.74, 6) is 1.38. The number of aromatic nitrogens is 1. The highest BCUT2D eigenvalue weighted by atomic mass is 15.1. The van der Waals surface area contributed by atoms with Gasteiger partial charge < -0.3 is 9.47 Å². The van der Waals surface area contributed by atoms with Crippen LogP contribution in [0.5, 0.6) is 0 Å². The van der Waals surface area contributed by atoms with Gasteiger partial charge in [0.25, 0.3) is 0 Å². The molecule has 0 atom stereocenters. The summed E-state index contributed by atoms with van der Waals surface area (Å²) in [5.41, 5.74) is 18.1. The van der Waals surface area contributed by atoms with Crippen molar-refractivity contribution in [1.29, 1.82) is 0 Å². The summed E-state index contributed by atoms with van der Waals surface area (Å²) in [5, 5.41) is 2.66. The summed E-state index contributed by atoms with van der Waals surface area (Å²) >= 11 is 0. The molecule has 0 bridgehead atoms. The molecule has 0 aliphatic heterocycles. The van der Waals surface area contributed by atoms with Crippen LogP contribution in [-0.2, 0) is 5.41 Å². The van der Waals surface area contributed by atoms with Gasteiger partial charge in [0, 0.05) is 38.9 Å². The first-order chi connectivity index (χ1) is 29.0. The largest absolute Gasteiger partial charge is 0.310 e. The normalized spacial score (nSPS) is 16.6. The van der Waals surface area contributed by atoms with Crippen molar-refractivity contribution in [3.63, 3.8) is 0 Å². The Bertz CT molecular complexity index is 2720. The Labute approximate surface area is 350 Å². The molecule has 59 heavy (non-hydrogen) atoms. The lowest BCUT2D eigenvalue weighted by Crippen LogP contribution is -2.17. The number of fused-ring (bicyclic) bond motifs is 7. The Morgan fingerprint density at radius 3 is 1.63 bits per heavy atom. The van der Waals surface area contributed by atoms with Crippen LogP contribution in [0.3, 0.4) is 0 Å². The van der Waals surface area contributed by atoms with Gasteiger partial charge in [0.2, 0.25) is 0 Å². The number of nitrogens with zero attached hydrogens (tertiary/aromatic N) is 2. The molecule has 3 aliphatic carbocycles. The average molecular weight is 767 g/mol. The van der Waals surface area contributed by atoms with E-state index in [1.54, 1.807) is 0 Å². The van der Waals surface area contributed by atoms with E-state index in [-0.39, 0.29) is 5.41 Å². The van der Waals surface area contributed by atoms with Crippen LogP contribution in [-0.4, -0.2) is 4.57 Å². The van der Waals surface area contributed by atoms with Crippen molar-refractivity contribution >= 4 is 38.9 Å². The minimum Gasteiger partial charge on any atom is -0.310 e. The number of para-hydroxylation sites is 1. The first kappa shape index (κ1) is 36.2. The number of rotatable bonds is 7. The van der Waals surface area contributed by atoms with Crippen molar-refractivity contribution in [2.75, 3.05) is 4.90 Å². The van der Waals surface area contributed by atoms with Crippen LogP contribution in [0.2, 0.25) is 0 Å². The zero-order chi connectivity index (χ0) is 39.5. The molecule has 0 amide bonds. The summed E-state index contributed by atoms with van der Waals surface area (Å²) in [6.07, 6.45) is 13.4. The Morgan fingerprint density at radius 1 is 0.475 bits per heavy atom. The molecule has 292 valence electrons. The molecule has 1 aromatic heterocycles. The summed E-state index contributed by atoms with van der Waals surface area (Å²) in [6, 6.07) is 60.1. The fraction of sp³-hybridized carbons (Fsp3) is 0.263. The second-order valence-corrected chi connectivity index (χ2v) is 18.2. The van der Waals surface area contributed by atoms with Crippen LogP contribution in [0.4, 0.5) is 17.1 Å². The standard InChI is InChI=1S/C57H54N2/c1-57(2)52-38-48(58(46-28-23-42(24-29-46)39-15-7-3-8-16-39)47-30-25-43(26-31-47)40-17-9-4-10-18-40)32-33-49(52)50-34-36-54-55(56(50)57)51-37-44(41-19-11-5-12-20-41)27-35-53(51)59(54)45-21-13-6-14-22-45/h5-6,11-14,19-40H,3-4,7-10,15-18H2,1-2H3. The van der Waals surface area contributed by atoms with E-state index in [1.807, 2.05) is 0 Å². The van der Waals surface area contributed by atoms with Crippen LogP contribution < -0.4 is 4.90 Å². The van der Waals surface area contributed by atoms with E-state index in [1.165, 1.54) is 153 Å². The second kappa shape index (κ2) is 14.8. The third-order valence-electron chi connectivity index (χ3n) is 14.4. The van der Waals surface area contributed by atoms with Crippen LogP contribution in [0, 0.1) is 0 Å². The van der Waals surface area contributed by atoms with Crippen molar-refractivity contribution in [2.24, 2.45) is 0 Å². The van der Waals surface area contributed by atoms with E-state index < -0.39 is 0 Å². The second-order valence-electron chi connectivity index (χ2n) is 18.2. The molecule has 0 N–H and O–H groups in total. The molecule has 2 fully saturated rings. The van der Waals surface area contributed by atoms with Gasteiger partial charge in [-0.25, -0.2) is 0 Å². The van der Waals surface area contributed by atoms with E-state index in [0.717, 1.165) is 0 Å². The van der Waals surface area contributed by atoms with Crippen molar-refractivity contribution in [3.8, 4) is 27.9 Å². The minimum absolute atomic E-state index is 0.236. The lowest BCUT2D eigenvalue weighted by molar-refractivity contribution is 0.443. The molecule has 2 nitrogen and oxygen atoms in total. The minimum atomic E-state index is -0.236. The monoisotopic (exact) mass is 766 g/mol. The SMILES string of the molecule is CC1(C)c2cc(N(c3ccc(C4CCCCC4)cc3)c3ccc(C4CCCCC4)cc3)ccc2-c2ccc3c(c21)c1cc(-c2ccccc2)ccc1n3-c1ccccc1. The van der Waals surface area contributed by atoms with Gasteiger partial charge >= 0.3 is 0 Å². The van der Waals surface area contributed by atoms with Gasteiger partial charge in [-0.05, 0) is 149 Å². The van der Waals surface area contributed by atoms with E-state index in [2.05, 4.69) is 181 Å². The number of hydrogen-bond acceptors (Lipinski definition) is 1. The summed E-state index contributed by atoms with van der Waals surface area (Å²) in [4.78, 5) is 2.51.